The summed E-state index contributed by atoms with van der Waals surface area (Å²) >= 11 is 6.28. The number of benzene rings is 1. The first-order valence-corrected chi connectivity index (χ1v) is 10.8. The fourth-order valence-corrected chi connectivity index (χ4v) is 6.07. The number of phenolic OH excluding ortho intramolecular Hbond substituents is 1. The van der Waals surface area contributed by atoms with E-state index in [-0.39, 0.29) is 16.1 Å². The average molecular weight is 511 g/mol. The van der Waals surface area contributed by atoms with E-state index >= 15 is 0 Å². The summed E-state index contributed by atoms with van der Waals surface area (Å²) in [5, 5.41) is 54.7. The van der Waals surface area contributed by atoms with Crippen LogP contribution in [0.25, 0.3) is 0 Å². The number of aliphatic hydroxyl groups is 4. The van der Waals surface area contributed by atoms with Crippen LogP contribution < -0.4 is 5.73 Å². The highest BCUT2D eigenvalue weighted by molar-refractivity contribution is 6.32. The molecule has 3 aliphatic rings. The summed E-state index contributed by atoms with van der Waals surface area (Å²) in [5.74, 6) is -10.4. The van der Waals surface area contributed by atoms with E-state index in [1.54, 1.807) is 0 Å². The molecule has 1 fully saturated rings. The smallest absolute Gasteiger partial charge is 0.343 e. The Balaban J connectivity index is 1.98. The number of primary amides is 1. The fraction of sp³-hybridized carbons (Fsp3) is 0.455. The highest BCUT2D eigenvalue weighted by atomic mass is 35.5. The quantitative estimate of drug-likeness (QED) is 0.204. The minimum absolute atomic E-state index is 0.0820. The van der Waals surface area contributed by atoms with Gasteiger partial charge in [-0.25, -0.2) is 4.79 Å². The SMILES string of the molecule is CN(C)[C@H]1C(=O)C(C(N)=O)=C(O)[C@@]2(O)C(=O)C(O)C([C@@]3(C)OC(=O)c4c(O)ccc(Cl)c43)[C@@H](O)C12. The van der Waals surface area contributed by atoms with Gasteiger partial charge in [0.25, 0.3) is 5.91 Å². The number of cyclic esters (lactones) is 1. The fourth-order valence-electron chi connectivity index (χ4n) is 5.73. The molecule has 0 radical (unpaired) electrons. The number of esters is 1. The number of hydrogen-bond donors (Lipinski definition) is 6. The van der Waals surface area contributed by atoms with Crippen molar-refractivity contribution in [1.82, 2.24) is 4.90 Å². The molecule has 4 rings (SSSR count). The summed E-state index contributed by atoms with van der Waals surface area (Å²) in [6, 6.07) is 0.824. The van der Waals surface area contributed by atoms with Crippen LogP contribution in [0, 0.1) is 11.8 Å². The number of ketones is 2. The van der Waals surface area contributed by atoms with Gasteiger partial charge in [-0.15, -0.1) is 0 Å². The summed E-state index contributed by atoms with van der Waals surface area (Å²) < 4.78 is 5.45. The summed E-state index contributed by atoms with van der Waals surface area (Å²) in [4.78, 5) is 52.3. The van der Waals surface area contributed by atoms with Crippen LogP contribution in [0.3, 0.4) is 0 Å². The second-order valence-electron chi connectivity index (χ2n) is 9.29. The number of nitrogens with two attached hydrogens (primary N) is 1. The minimum atomic E-state index is -3.08. The molecule has 0 saturated heterocycles. The van der Waals surface area contributed by atoms with Crippen LogP contribution in [0.5, 0.6) is 5.75 Å². The molecule has 1 aromatic carbocycles. The number of phenols is 1. The van der Waals surface area contributed by atoms with Crippen molar-refractivity contribution in [1.29, 1.82) is 0 Å². The topological polar surface area (TPSA) is 208 Å². The zero-order valence-electron chi connectivity index (χ0n) is 18.7. The number of carbonyl (C=O) groups excluding carboxylic acids is 4. The molecule has 1 aromatic rings. The zero-order valence-corrected chi connectivity index (χ0v) is 19.5. The number of Topliss-reactive ketones (excluding diaryl/α,β-unsaturated/α-hetero) is 2. The van der Waals surface area contributed by atoms with Gasteiger partial charge < -0.3 is 36.0 Å². The Labute approximate surface area is 203 Å². The normalized spacial score (nSPS) is 36.8. The largest absolute Gasteiger partial charge is 0.508 e. The maximum absolute atomic E-state index is 13.4. The lowest BCUT2D eigenvalue weighted by molar-refractivity contribution is -0.214. The van der Waals surface area contributed by atoms with E-state index in [1.807, 2.05) is 0 Å². The van der Waals surface area contributed by atoms with Gasteiger partial charge in [0.1, 0.15) is 34.4 Å². The molecule has 0 aromatic heterocycles. The number of hydrogen-bond acceptors (Lipinski definition) is 11. The zero-order chi connectivity index (χ0) is 26.4. The van der Waals surface area contributed by atoms with Crippen molar-refractivity contribution in [2.75, 3.05) is 14.1 Å². The predicted molar refractivity (Wildman–Crippen MR) is 116 cm³/mol. The van der Waals surface area contributed by atoms with E-state index in [1.165, 1.54) is 32.0 Å². The lowest BCUT2D eigenvalue weighted by Gasteiger charge is -2.54. The molecule has 0 bridgehead atoms. The van der Waals surface area contributed by atoms with Crippen molar-refractivity contribution in [2.24, 2.45) is 17.6 Å². The molecule has 1 aliphatic heterocycles. The van der Waals surface area contributed by atoms with Gasteiger partial charge >= 0.3 is 5.97 Å². The van der Waals surface area contributed by atoms with Crippen molar-refractivity contribution >= 4 is 35.0 Å². The number of carbonyl (C=O) groups is 4. The summed E-state index contributed by atoms with van der Waals surface area (Å²) in [7, 11) is 2.73. The van der Waals surface area contributed by atoms with Crippen molar-refractivity contribution in [3.05, 3.63) is 39.6 Å². The number of amides is 1. The number of ether oxygens (including phenoxy) is 1. The molecule has 0 spiro atoms. The van der Waals surface area contributed by atoms with Crippen molar-refractivity contribution in [2.45, 2.75) is 36.4 Å². The van der Waals surface area contributed by atoms with Crippen LogP contribution in [-0.2, 0) is 24.7 Å². The Morgan fingerprint density at radius 3 is 2.29 bits per heavy atom. The second kappa shape index (κ2) is 7.73. The third-order valence-corrected chi connectivity index (χ3v) is 7.55. The standard InChI is InChI=1S/C22H23ClN2O10/c1-21(10-6(23)4-5-7(26)8(10)20(33)35-21)12-15(28)11-13(25(2)3)14(27)9(19(24)32)17(30)22(11,34)18(31)16(12)29/h4-5,11-13,15-16,26,28-30,34H,1-3H3,(H2,24,32)/t11?,12?,13-,15+,16?,21+,22-/m1/s1. The molecule has 3 unspecified atom stereocenters. The molecule has 1 amide bonds. The van der Waals surface area contributed by atoms with Gasteiger partial charge in [-0.1, -0.05) is 11.6 Å². The van der Waals surface area contributed by atoms with Gasteiger partial charge in [0.2, 0.25) is 5.78 Å². The van der Waals surface area contributed by atoms with Crippen LogP contribution in [-0.4, -0.2) is 91.8 Å². The number of likely N-dealkylation sites (N-methyl/N-ethyl adjacent to an activating group) is 1. The van der Waals surface area contributed by atoms with Gasteiger partial charge in [0.15, 0.2) is 11.4 Å². The molecule has 2 aliphatic carbocycles. The van der Waals surface area contributed by atoms with Gasteiger partial charge in [-0.2, -0.15) is 0 Å². The number of rotatable bonds is 3. The number of aromatic hydroxyl groups is 1. The van der Waals surface area contributed by atoms with E-state index in [0.717, 1.165) is 6.07 Å². The molecule has 12 nitrogen and oxygen atoms in total. The van der Waals surface area contributed by atoms with E-state index in [0.29, 0.717) is 0 Å². The Kier molecular flexibility index (Phi) is 5.54. The van der Waals surface area contributed by atoms with E-state index in [2.05, 4.69) is 0 Å². The molecular weight excluding hydrogens is 488 g/mol. The Bertz CT molecular complexity index is 1230. The molecule has 13 heteroatoms. The molecule has 188 valence electrons. The summed E-state index contributed by atoms with van der Waals surface area (Å²) in [6.45, 7) is 1.25. The van der Waals surface area contributed by atoms with E-state index in [4.69, 9.17) is 22.1 Å². The molecule has 7 N–H and O–H groups in total. The van der Waals surface area contributed by atoms with E-state index in [9.17, 15) is 44.7 Å². The number of aliphatic hydroxyl groups excluding tert-OH is 3. The van der Waals surface area contributed by atoms with Crippen LogP contribution in [0.2, 0.25) is 5.02 Å². The van der Waals surface area contributed by atoms with Crippen LogP contribution in [0.15, 0.2) is 23.5 Å². The minimum Gasteiger partial charge on any atom is -0.508 e. The lowest BCUT2D eigenvalue weighted by atomic mass is 9.55. The highest BCUT2D eigenvalue weighted by Gasteiger charge is 2.71. The van der Waals surface area contributed by atoms with Crippen LogP contribution in [0.1, 0.15) is 22.8 Å². The highest BCUT2D eigenvalue weighted by Crippen LogP contribution is 2.55. The van der Waals surface area contributed by atoms with Crippen LogP contribution in [0.4, 0.5) is 0 Å². The maximum Gasteiger partial charge on any atom is 0.343 e. The van der Waals surface area contributed by atoms with E-state index < -0.39 is 81.8 Å². The number of halogens is 1. The maximum atomic E-state index is 13.4. The van der Waals surface area contributed by atoms with Gasteiger partial charge in [-0.05, 0) is 33.2 Å². The van der Waals surface area contributed by atoms with Crippen LogP contribution >= 0.6 is 11.6 Å². The monoisotopic (exact) mass is 510 g/mol. The summed E-state index contributed by atoms with van der Waals surface area (Å²) in [6.07, 6.45) is -4.29. The molecule has 1 saturated carbocycles. The molecular formula is C22H23ClN2O10. The van der Waals surface area contributed by atoms with Crippen molar-refractivity contribution < 1.29 is 49.4 Å². The Hall–Kier alpha value is -3.03. The Morgan fingerprint density at radius 2 is 1.74 bits per heavy atom. The molecule has 7 atom stereocenters. The summed E-state index contributed by atoms with van der Waals surface area (Å²) in [5.41, 5.74) is -1.37. The van der Waals surface area contributed by atoms with Crippen molar-refractivity contribution in [3.8, 4) is 5.75 Å². The average Bonchev–Trinajstić information content (AvgIpc) is 3.02. The van der Waals surface area contributed by atoms with Gasteiger partial charge in [0.05, 0.1) is 24.0 Å². The third kappa shape index (κ3) is 3.01. The molecule has 1 heterocycles. The Morgan fingerprint density at radius 1 is 1.14 bits per heavy atom. The van der Waals surface area contributed by atoms with Crippen molar-refractivity contribution in [3.63, 3.8) is 0 Å². The first-order valence-electron chi connectivity index (χ1n) is 10.4. The lowest BCUT2D eigenvalue weighted by Crippen LogP contribution is -2.74. The predicted octanol–water partition coefficient (Wildman–Crippen LogP) is -1.49. The first kappa shape index (κ1) is 25.1. The van der Waals surface area contributed by atoms with Gasteiger partial charge in [0, 0.05) is 10.6 Å². The molecule has 35 heavy (non-hydrogen) atoms. The first-order chi connectivity index (χ1) is 16.1. The second-order valence-corrected chi connectivity index (χ2v) is 9.70. The number of fused-ring (bicyclic) bond motifs is 2. The third-order valence-electron chi connectivity index (χ3n) is 7.23. The number of nitrogens with zero attached hydrogens (tertiary/aromatic N) is 1. The van der Waals surface area contributed by atoms with Gasteiger partial charge in [-0.3, -0.25) is 19.3 Å².